The molecule has 2 heteroatoms. The molecule has 1 unspecified atom stereocenters. The molecule has 17 heavy (non-hydrogen) atoms. The maximum Gasteiger partial charge on any atom is 0.0807 e. The molecular weight excluding hydrogens is 210 g/mol. The summed E-state index contributed by atoms with van der Waals surface area (Å²) in [6.07, 6.45) is 7.15. The van der Waals surface area contributed by atoms with Gasteiger partial charge >= 0.3 is 0 Å². The molecule has 0 spiro atoms. The van der Waals surface area contributed by atoms with Crippen LogP contribution in [0, 0.1) is 0 Å². The summed E-state index contributed by atoms with van der Waals surface area (Å²) < 4.78 is 2.19. The van der Waals surface area contributed by atoms with E-state index in [2.05, 4.69) is 41.2 Å². The predicted octanol–water partition coefficient (Wildman–Crippen LogP) is 2.91. The topological polar surface area (TPSA) is 25.2 Å². The molecule has 1 atom stereocenters. The summed E-state index contributed by atoms with van der Waals surface area (Å²) in [5, 5.41) is 9.93. The van der Waals surface area contributed by atoms with E-state index in [0.29, 0.717) is 0 Å². The smallest absolute Gasteiger partial charge is 0.0807 e. The molecule has 0 saturated carbocycles. The van der Waals surface area contributed by atoms with Crippen LogP contribution in [-0.2, 0) is 13.0 Å². The lowest BCUT2D eigenvalue weighted by Crippen LogP contribution is -2.05. The third-order valence-corrected chi connectivity index (χ3v) is 3.49. The Kier molecular flexibility index (Phi) is 2.73. The molecule has 2 nitrogen and oxygen atoms in total. The number of nitrogens with zero attached hydrogens (tertiary/aromatic N) is 1. The van der Waals surface area contributed by atoms with Crippen molar-refractivity contribution in [2.24, 2.45) is 0 Å². The quantitative estimate of drug-likeness (QED) is 0.838. The zero-order chi connectivity index (χ0) is 11.7. The molecule has 1 aromatic heterocycles. The largest absolute Gasteiger partial charge is 0.388 e. The van der Waals surface area contributed by atoms with Crippen LogP contribution in [0.15, 0.2) is 42.7 Å². The fraction of sp³-hybridized carbons (Fsp3) is 0.333. The Morgan fingerprint density at radius 3 is 2.76 bits per heavy atom. The number of benzene rings is 1. The van der Waals surface area contributed by atoms with Crippen LogP contribution in [0.3, 0.4) is 0 Å². The van der Waals surface area contributed by atoms with Crippen LogP contribution in [0.1, 0.15) is 35.6 Å². The van der Waals surface area contributed by atoms with Gasteiger partial charge in [0.15, 0.2) is 0 Å². The van der Waals surface area contributed by atoms with E-state index in [4.69, 9.17) is 0 Å². The molecule has 0 radical (unpaired) electrons. The first-order chi connectivity index (χ1) is 8.33. The highest BCUT2D eigenvalue weighted by molar-refractivity contribution is 5.30. The lowest BCUT2D eigenvalue weighted by molar-refractivity contribution is 0.157. The molecular formula is C15H17NO. The van der Waals surface area contributed by atoms with Gasteiger partial charge in [0, 0.05) is 24.5 Å². The zero-order valence-electron chi connectivity index (χ0n) is 9.84. The molecule has 1 aliphatic rings. The number of rotatable bonds is 2. The Balaban J connectivity index is 1.85. The number of fused-ring (bicyclic) bond motifs is 1. The lowest BCUT2D eigenvalue weighted by Gasteiger charge is -2.16. The average molecular weight is 227 g/mol. The second-order valence-corrected chi connectivity index (χ2v) is 4.80. The molecule has 3 rings (SSSR count). The lowest BCUT2D eigenvalue weighted by atomic mass is 9.93. The van der Waals surface area contributed by atoms with E-state index >= 15 is 0 Å². The summed E-state index contributed by atoms with van der Waals surface area (Å²) in [6, 6.07) is 10.4. The molecule has 0 saturated heterocycles. The molecule has 1 N–H and O–H groups in total. The number of hydrogen-bond donors (Lipinski definition) is 1. The maximum absolute atomic E-state index is 9.93. The van der Waals surface area contributed by atoms with E-state index < -0.39 is 0 Å². The first-order valence-electron chi connectivity index (χ1n) is 6.23. The molecule has 1 aliphatic carbocycles. The standard InChI is InChI=1S/C15H17NO/c17-15-8-4-7-13-10-16(11-14(13)15)9-12-5-2-1-3-6-12/h1-3,5-6,10-11,15,17H,4,7-9H2. The highest BCUT2D eigenvalue weighted by Crippen LogP contribution is 2.30. The fourth-order valence-electron chi connectivity index (χ4n) is 2.61. The highest BCUT2D eigenvalue weighted by atomic mass is 16.3. The van der Waals surface area contributed by atoms with Crippen molar-refractivity contribution in [1.29, 1.82) is 0 Å². The number of aliphatic hydroxyl groups is 1. The Labute approximate surface area is 102 Å². The van der Waals surface area contributed by atoms with Gasteiger partial charge in [0.2, 0.25) is 0 Å². The molecule has 1 heterocycles. The minimum Gasteiger partial charge on any atom is -0.388 e. The van der Waals surface area contributed by atoms with E-state index in [1.807, 2.05) is 6.07 Å². The summed E-state index contributed by atoms with van der Waals surface area (Å²) in [7, 11) is 0. The minimum atomic E-state index is -0.254. The SMILES string of the molecule is OC1CCCc2cn(Cc3ccccc3)cc21. The third-order valence-electron chi connectivity index (χ3n) is 3.49. The first kappa shape index (κ1) is 10.6. The molecule has 1 aromatic carbocycles. The van der Waals surface area contributed by atoms with Gasteiger partial charge in [-0.15, -0.1) is 0 Å². The number of aryl methyl sites for hydroxylation is 1. The summed E-state index contributed by atoms with van der Waals surface area (Å²) in [5.74, 6) is 0. The van der Waals surface area contributed by atoms with Crippen molar-refractivity contribution in [3.63, 3.8) is 0 Å². The Morgan fingerprint density at radius 2 is 2.00 bits per heavy atom. The first-order valence-corrected chi connectivity index (χ1v) is 6.23. The predicted molar refractivity (Wildman–Crippen MR) is 67.9 cm³/mol. The monoisotopic (exact) mass is 227 g/mol. The van der Waals surface area contributed by atoms with Gasteiger partial charge in [0.05, 0.1) is 6.10 Å². The maximum atomic E-state index is 9.93. The second kappa shape index (κ2) is 4.38. The Bertz CT molecular complexity index is 501. The van der Waals surface area contributed by atoms with Gasteiger partial charge in [0.25, 0.3) is 0 Å². The third kappa shape index (κ3) is 2.13. The zero-order valence-corrected chi connectivity index (χ0v) is 9.84. The molecule has 0 aliphatic heterocycles. The number of aromatic nitrogens is 1. The summed E-state index contributed by atoms with van der Waals surface area (Å²) >= 11 is 0. The van der Waals surface area contributed by atoms with Gasteiger partial charge in [-0.05, 0) is 30.4 Å². The van der Waals surface area contributed by atoms with E-state index in [-0.39, 0.29) is 6.10 Å². The molecule has 2 aromatic rings. The van der Waals surface area contributed by atoms with E-state index in [0.717, 1.165) is 31.4 Å². The van der Waals surface area contributed by atoms with Gasteiger partial charge in [-0.2, -0.15) is 0 Å². The summed E-state index contributed by atoms with van der Waals surface area (Å²) in [6.45, 7) is 0.889. The van der Waals surface area contributed by atoms with Crippen molar-refractivity contribution in [1.82, 2.24) is 4.57 Å². The molecule has 0 bridgehead atoms. The number of hydrogen-bond acceptors (Lipinski definition) is 1. The van der Waals surface area contributed by atoms with Crippen LogP contribution in [-0.4, -0.2) is 9.67 Å². The Hall–Kier alpha value is -1.54. The highest BCUT2D eigenvalue weighted by Gasteiger charge is 2.19. The average Bonchev–Trinajstić information content (AvgIpc) is 2.74. The van der Waals surface area contributed by atoms with Crippen LogP contribution in [0.4, 0.5) is 0 Å². The van der Waals surface area contributed by atoms with Crippen LogP contribution in [0.2, 0.25) is 0 Å². The summed E-state index contributed by atoms with van der Waals surface area (Å²) in [4.78, 5) is 0. The van der Waals surface area contributed by atoms with E-state index in [9.17, 15) is 5.11 Å². The van der Waals surface area contributed by atoms with Crippen LogP contribution >= 0.6 is 0 Å². The van der Waals surface area contributed by atoms with Crippen LogP contribution in [0.5, 0.6) is 0 Å². The van der Waals surface area contributed by atoms with Gasteiger partial charge < -0.3 is 9.67 Å². The van der Waals surface area contributed by atoms with Gasteiger partial charge in [0.1, 0.15) is 0 Å². The van der Waals surface area contributed by atoms with Gasteiger partial charge in [-0.1, -0.05) is 30.3 Å². The van der Waals surface area contributed by atoms with E-state index in [1.165, 1.54) is 11.1 Å². The van der Waals surface area contributed by atoms with Crippen molar-refractivity contribution >= 4 is 0 Å². The van der Waals surface area contributed by atoms with Gasteiger partial charge in [-0.3, -0.25) is 0 Å². The molecule has 0 amide bonds. The minimum absolute atomic E-state index is 0.254. The van der Waals surface area contributed by atoms with Crippen LogP contribution in [0.25, 0.3) is 0 Å². The van der Waals surface area contributed by atoms with Crippen molar-refractivity contribution in [3.8, 4) is 0 Å². The summed E-state index contributed by atoms with van der Waals surface area (Å²) in [5.41, 5.74) is 3.75. The van der Waals surface area contributed by atoms with Crippen molar-refractivity contribution in [2.75, 3.05) is 0 Å². The normalized spacial score (nSPS) is 19.0. The van der Waals surface area contributed by atoms with E-state index in [1.54, 1.807) is 0 Å². The Morgan fingerprint density at radius 1 is 1.18 bits per heavy atom. The van der Waals surface area contributed by atoms with Crippen molar-refractivity contribution in [3.05, 3.63) is 59.4 Å². The fourth-order valence-corrected chi connectivity index (χ4v) is 2.61. The van der Waals surface area contributed by atoms with Crippen molar-refractivity contribution < 1.29 is 5.11 Å². The van der Waals surface area contributed by atoms with Crippen LogP contribution < -0.4 is 0 Å². The van der Waals surface area contributed by atoms with Gasteiger partial charge in [-0.25, -0.2) is 0 Å². The van der Waals surface area contributed by atoms with Crippen molar-refractivity contribution in [2.45, 2.75) is 31.9 Å². The molecule has 88 valence electrons. The number of aliphatic hydroxyl groups excluding tert-OH is 1. The second-order valence-electron chi connectivity index (χ2n) is 4.80. The molecule has 0 fully saturated rings.